The van der Waals surface area contributed by atoms with E-state index in [0.29, 0.717) is 5.69 Å². The van der Waals surface area contributed by atoms with E-state index in [1.165, 1.54) is 21.9 Å². The normalized spacial score (nSPS) is 15.6. The number of carbonyl (C=O) groups excluding carboxylic acids is 1. The Morgan fingerprint density at radius 2 is 1.85 bits per heavy atom. The summed E-state index contributed by atoms with van der Waals surface area (Å²) in [6, 6.07) is 12.3. The Kier molecular flexibility index (Phi) is 6.36. The Hall–Kier alpha value is -3.41. The predicted octanol–water partition coefficient (Wildman–Crippen LogP) is 4.30. The minimum atomic E-state index is -2.93. The minimum Gasteiger partial charge on any atom is -0.415 e. The lowest BCUT2D eigenvalue weighted by Crippen LogP contribution is -2.49. The van der Waals surface area contributed by atoms with Crippen LogP contribution in [0.25, 0.3) is 11.5 Å². The van der Waals surface area contributed by atoms with E-state index in [4.69, 9.17) is 9.20 Å². The molecule has 0 unspecified atom stereocenters. The molecule has 1 N–H and O–H groups in total. The maximum absolute atomic E-state index is 14.9. The summed E-state index contributed by atoms with van der Waals surface area (Å²) >= 11 is 0. The van der Waals surface area contributed by atoms with Crippen molar-refractivity contribution >= 4 is 21.4 Å². The van der Waals surface area contributed by atoms with E-state index in [2.05, 4.69) is 10.2 Å². The molecule has 4 rings (SSSR count). The molecular formula is C21H20F3N5O3S. The van der Waals surface area contributed by atoms with Gasteiger partial charge in [-0.3, -0.25) is 9.68 Å². The molecule has 0 atom stereocenters. The van der Waals surface area contributed by atoms with Crippen LogP contribution in [0.1, 0.15) is 17.9 Å². The lowest BCUT2D eigenvalue weighted by molar-refractivity contribution is 0.116. The summed E-state index contributed by atoms with van der Waals surface area (Å²) in [5.41, 5.74) is 0.863. The van der Waals surface area contributed by atoms with Crippen LogP contribution in [-0.2, 0) is 16.3 Å². The molecule has 1 fully saturated rings. The quantitative estimate of drug-likeness (QED) is 0.588. The molecule has 0 spiro atoms. The standard InChI is InChI=1S/C21H20F3N5O3S/c22-17-12-14(19-26-27-20(32-19)18(23)24)6-7-15(17)13-29(16-4-2-1-3-5-16)21(30)28-8-10-33(25,31)11-9-28/h1-7,12,18,25H,8-11,13H2. The third kappa shape index (κ3) is 5.16. The molecule has 0 radical (unpaired) electrons. The molecular weight excluding hydrogens is 459 g/mol. The van der Waals surface area contributed by atoms with Crippen molar-refractivity contribution in [2.45, 2.75) is 13.0 Å². The highest BCUT2D eigenvalue weighted by molar-refractivity contribution is 7.92. The average molecular weight is 479 g/mol. The van der Waals surface area contributed by atoms with Crippen LogP contribution < -0.4 is 4.90 Å². The average Bonchev–Trinajstić information content (AvgIpc) is 3.29. The van der Waals surface area contributed by atoms with Crippen molar-refractivity contribution in [3.63, 3.8) is 0 Å². The first-order chi connectivity index (χ1) is 15.7. The molecule has 1 aromatic heterocycles. The second-order valence-electron chi connectivity index (χ2n) is 7.46. The number of alkyl halides is 2. The van der Waals surface area contributed by atoms with Crippen molar-refractivity contribution in [3.05, 3.63) is 65.8 Å². The fourth-order valence-electron chi connectivity index (χ4n) is 3.39. The van der Waals surface area contributed by atoms with E-state index >= 15 is 0 Å². The van der Waals surface area contributed by atoms with Gasteiger partial charge >= 0.3 is 12.5 Å². The molecule has 0 bridgehead atoms. The first kappa shape index (κ1) is 22.8. The van der Waals surface area contributed by atoms with Crippen molar-refractivity contribution in [1.82, 2.24) is 15.1 Å². The predicted molar refractivity (Wildman–Crippen MR) is 115 cm³/mol. The van der Waals surface area contributed by atoms with Crippen LogP contribution in [-0.4, -0.2) is 49.9 Å². The number of nitrogens with zero attached hydrogens (tertiary/aromatic N) is 4. The molecule has 1 aliphatic rings. The summed E-state index contributed by atoms with van der Waals surface area (Å²) < 4.78 is 64.8. The fraction of sp³-hybridized carbons (Fsp3) is 0.286. The number of hydrogen-bond acceptors (Lipinski definition) is 6. The van der Waals surface area contributed by atoms with Gasteiger partial charge in [-0.15, -0.1) is 10.2 Å². The monoisotopic (exact) mass is 479 g/mol. The number of rotatable bonds is 5. The minimum absolute atomic E-state index is 0.0925. The van der Waals surface area contributed by atoms with E-state index in [1.807, 2.05) is 0 Å². The summed E-state index contributed by atoms with van der Waals surface area (Å²) in [4.78, 5) is 16.2. The Balaban J connectivity index is 1.59. The molecule has 1 aliphatic heterocycles. The molecule has 3 aromatic rings. The third-order valence-corrected chi connectivity index (χ3v) is 6.89. The highest BCUT2D eigenvalue weighted by Crippen LogP contribution is 2.26. The van der Waals surface area contributed by atoms with Crippen molar-refractivity contribution < 1.29 is 26.6 Å². The van der Waals surface area contributed by atoms with Gasteiger partial charge in [0.15, 0.2) is 0 Å². The van der Waals surface area contributed by atoms with Crippen LogP contribution in [0.2, 0.25) is 0 Å². The lowest BCUT2D eigenvalue weighted by Gasteiger charge is -2.33. The van der Waals surface area contributed by atoms with Gasteiger partial charge in [-0.1, -0.05) is 24.3 Å². The number of aromatic nitrogens is 2. The number of carbonyl (C=O) groups is 1. The first-order valence-corrected chi connectivity index (χ1v) is 11.9. The highest BCUT2D eigenvalue weighted by atomic mass is 32.2. The van der Waals surface area contributed by atoms with E-state index in [1.54, 1.807) is 30.3 Å². The third-order valence-electron chi connectivity index (χ3n) is 5.21. The number of nitrogens with one attached hydrogen (secondary N) is 1. The van der Waals surface area contributed by atoms with Crippen molar-refractivity contribution in [2.24, 2.45) is 0 Å². The van der Waals surface area contributed by atoms with Crippen LogP contribution in [0, 0.1) is 10.6 Å². The van der Waals surface area contributed by atoms with Crippen molar-refractivity contribution in [1.29, 1.82) is 4.78 Å². The Morgan fingerprint density at radius 3 is 2.45 bits per heavy atom. The van der Waals surface area contributed by atoms with Crippen LogP contribution >= 0.6 is 0 Å². The van der Waals surface area contributed by atoms with Crippen LogP contribution in [0.3, 0.4) is 0 Å². The molecule has 2 heterocycles. The van der Waals surface area contributed by atoms with Gasteiger partial charge in [0.05, 0.1) is 6.54 Å². The molecule has 0 aliphatic carbocycles. The van der Waals surface area contributed by atoms with E-state index < -0.39 is 33.9 Å². The summed E-state index contributed by atoms with van der Waals surface area (Å²) in [6.45, 7) is 0.249. The Labute approximate surface area is 188 Å². The molecule has 1 saturated heterocycles. The number of para-hydroxylation sites is 1. The van der Waals surface area contributed by atoms with Gasteiger partial charge in [0.2, 0.25) is 5.89 Å². The van der Waals surface area contributed by atoms with Gasteiger partial charge in [0.25, 0.3) is 5.89 Å². The fourth-order valence-corrected chi connectivity index (χ4v) is 4.62. The van der Waals surface area contributed by atoms with E-state index in [-0.39, 0.29) is 48.2 Å². The number of anilines is 1. The zero-order valence-electron chi connectivity index (χ0n) is 17.3. The molecule has 33 heavy (non-hydrogen) atoms. The number of halogens is 3. The Morgan fingerprint density at radius 1 is 1.15 bits per heavy atom. The summed E-state index contributed by atoms with van der Waals surface area (Å²) in [6.07, 6.45) is -2.93. The Bertz CT molecular complexity index is 1240. The number of hydrogen-bond donors (Lipinski definition) is 1. The zero-order chi connectivity index (χ0) is 23.6. The number of urea groups is 1. The topological polar surface area (TPSA) is 103 Å². The van der Waals surface area contributed by atoms with Crippen LogP contribution in [0.4, 0.5) is 23.7 Å². The zero-order valence-corrected chi connectivity index (χ0v) is 18.1. The largest absolute Gasteiger partial charge is 0.415 e. The van der Waals surface area contributed by atoms with Gasteiger partial charge in [0, 0.05) is 51.1 Å². The molecule has 8 nitrogen and oxygen atoms in total. The second kappa shape index (κ2) is 9.22. The number of benzene rings is 2. The van der Waals surface area contributed by atoms with Gasteiger partial charge in [-0.05, 0) is 24.3 Å². The molecule has 0 saturated carbocycles. The van der Waals surface area contributed by atoms with E-state index in [9.17, 15) is 22.2 Å². The van der Waals surface area contributed by atoms with Crippen LogP contribution in [0.15, 0.2) is 52.9 Å². The highest BCUT2D eigenvalue weighted by Gasteiger charge is 2.28. The molecule has 2 aromatic carbocycles. The summed E-state index contributed by atoms with van der Waals surface area (Å²) in [5, 5.41) is 6.75. The molecule has 2 amide bonds. The van der Waals surface area contributed by atoms with Crippen LogP contribution in [0.5, 0.6) is 0 Å². The smallest absolute Gasteiger partial charge is 0.324 e. The molecule has 174 valence electrons. The van der Waals surface area contributed by atoms with Gasteiger partial charge in [0.1, 0.15) is 5.82 Å². The first-order valence-electron chi connectivity index (χ1n) is 9.99. The second-order valence-corrected chi connectivity index (χ2v) is 9.90. The maximum atomic E-state index is 14.9. The van der Waals surface area contributed by atoms with E-state index in [0.717, 1.165) is 6.07 Å². The SMILES string of the molecule is N=S1(=O)CCN(C(=O)N(Cc2ccc(-c3nnc(C(F)F)o3)cc2F)c2ccccc2)CC1. The lowest BCUT2D eigenvalue weighted by atomic mass is 10.1. The maximum Gasteiger partial charge on any atom is 0.324 e. The summed E-state index contributed by atoms with van der Waals surface area (Å²) in [7, 11) is -2.68. The van der Waals surface area contributed by atoms with Gasteiger partial charge in [-0.25, -0.2) is 13.4 Å². The number of amides is 2. The van der Waals surface area contributed by atoms with Crippen molar-refractivity contribution in [2.75, 3.05) is 29.5 Å². The van der Waals surface area contributed by atoms with Gasteiger partial charge < -0.3 is 9.32 Å². The molecule has 12 heteroatoms. The van der Waals surface area contributed by atoms with Gasteiger partial charge in [-0.2, -0.15) is 8.78 Å². The van der Waals surface area contributed by atoms with Crippen molar-refractivity contribution in [3.8, 4) is 11.5 Å². The summed E-state index contributed by atoms with van der Waals surface area (Å²) in [5.74, 6) is -1.58.